The van der Waals surface area contributed by atoms with E-state index in [0.29, 0.717) is 5.69 Å². The molecule has 2 aromatic carbocycles. The van der Waals surface area contributed by atoms with E-state index in [4.69, 9.17) is 0 Å². The van der Waals surface area contributed by atoms with Gasteiger partial charge in [-0.2, -0.15) is 0 Å². The Morgan fingerprint density at radius 2 is 1.75 bits per heavy atom. The number of carbonyl (C=O) groups excluding carboxylic acids is 1. The lowest BCUT2D eigenvalue weighted by Gasteiger charge is -2.35. The van der Waals surface area contributed by atoms with Crippen molar-refractivity contribution in [2.45, 2.75) is 6.92 Å². The van der Waals surface area contributed by atoms with Gasteiger partial charge in [-0.15, -0.1) is 0 Å². The molecular formula is C22H24N4O2. The Balaban J connectivity index is 1.47. The number of para-hydroxylation sites is 1. The van der Waals surface area contributed by atoms with Crippen LogP contribution in [0.2, 0.25) is 0 Å². The number of likely N-dealkylation sites (N-methyl/N-ethyl adjacent to an activating group) is 1. The van der Waals surface area contributed by atoms with E-state index >= 15 is 0 Å². The average molecular weight is 376 g/mol. The molecule has 1 amide bonds. The van der Waals surface area contributed by atoms with Gasteiger partial charge in [0.2, 0.25) is 0 Å². The van der Waals surface area contributed by atoms with Crippen LogP contribution in [-0.2, 0) is 0 Å². The first-order valence-electron chi connectivity index (χ1n) is 9.65. The van der Waals surface area contributed by atoms with Crippen LogP contribution in [-0.4, -0.2) is 48.5 Å². The van der Waals surface area contributed by atoms with Crippen LogP contribution in [0.4, 0.5) is 11.4 Å². The molecule has 0 saturated carbocycles. The predicted molar refractivity (Wildman–Crippen MR) is 113 cm³/mol. The monoisotopic (exact) mass is 376 g/mol. The van der Waals surface area contributed by atoms with Crippen LogP contribution in [0.5, 0.6) is 0 Å². The highest BCUT2D eigenvalue weighted by Gasteiger charge is 2.16. The molecule has 0 bridgehead atoms. The number of carbonyl (C=O) groups is 1. The summed E-state index contributed by atoms with van der Waals surface area (Å²) in [7, 11) is 0. The summed E-state index contributed by atoms with van der Waals surface area (Å²) in [5, 5.41) is 3.65. The largest absolute Gasteiger partial charge is 0.369 e. The molecule has 6 nitrogen and oxygen atoms in total. The summed E-state index contributed by atoms with van der Waals surface area (Å²) in [5.41, 5.74) is 2.27. The van der Waals surface area contributed by atoms with Gasteiger partial charge in [0.15, 0.2) is 0 Å². The number of pyridine rings is 1. The van der Waals surface area contributed by atoms with Gasteiger partial charge >= 0.3 is 0 Å². The molecule has 0 unspecified atom stereocenters. The lowest BCUT2D eigenvalue weighted by molar-refractivity contribution is 0.102. The third-order valence-corrected chi connectivity index (χ3v) is 5.31. The molecular weight excluding hydrogens is 352 g/mol. The minimum absolute atomic E-state index is 0.110. The number of benzene rings is 2. The van der Waals surface area contributed by atoms with E-state index in [1.165, 1.54) is 0 Å². The van der Waals surface area contributed by atoms with Crippen LogP contribution in [0.3, 0.4) is 0 Å². The Hall–Kier alpha value is -3.12. The number of hydrogen-bond acceptors (Lipinski definition) is 4. The lowest BCUT2D eigenvalue weighted by Crippen LogP contribution is -2.46. The van der Waals surface area contributed by atoms with Crippen molar-refractivity contribution < 1.29 is 4.79 Å². The molecule has 28 heavy (non-hydrogen) atoms. The molecule has 0 radical (unpaired) electrons. The maximum absolute atomic E-state index is 12.6. The van der Waals surface area contributed by atoms with Crippen LogP contribution in [0.1, 0.15) is 17.3 Å². The molecule has 1 aromatic heterocycles. The van der Waals surface area contributed by atoms with Gasteiger partial charge < -0.3 is 20.1 Å². The van der Waals surface area contributed by atoms with E-state index in [9.17, 15) is 9.59 Å². The zero-order valence-electron chi connectivity index (χ0n) is 15.9. The topological polar surface area (TPSA) is 68.4 Å². The molecule has 144 valence electrons. The highest BCUT2D eigenvalue weighted by molar-refractivity contribution is 6.05. The minimum atomic E-state index is -0.406. The van der Waals surface area contributed by atoms with Gasteiger partial charge in [-0.25, -0.2) is 0 Å². The number of fused-ring (bicyclic) bond motifs is 1. The van der Waals surface area contributed by atoms with Crippen molar-refractivity contribution in [3.05, 3.63) is 70.5 Å². The Morgan fingerprint density at radius 3 is 2.46 bits per heavy atom. The molecule has 3 aromatic rings. The summed E-state index contributed by atoms with van der Waals surface area (Å²) in [6.07, 6.45) is 0. The highest BCUT2D eigenvalue weighted by Crippen LogP contribution is 2.20. The number of nitrogens with one attached hydrogen (secondary N) is 2. The van der Waals surface area contributed by atoms with E-state index in [0.717, 1.165) is 49.3 Å². The Bertz CT molecular complexity index is 1030. The number of rotatable bonds is 4. The van der Waals surface area contributed by atoms with E-state index < -0.39 is 5.91 Å². The van der Waals surface area contributed by atoms with E-state index in [2.05, 4.69) is 27.0 Å². The maximum Gasteiger partial charge on any atom is 0.261 e. The van der Waals surface area contributed by atoms with Gasteiger partial charge in [0.1, 0.15) is 5.56 Å². The summed E-state index contributed by atoms with van der Waals surface area (Å²) in [5.74, 6) is -0.406. The number of aromatic nitrogens is 1. The maximum atomic E-state index is 12.6. The Kier molecular flexibility index (Phi) is 5.12. The molecule has 6 heteroatoms. The minimum Gasteiger partial charge on any atom is -0.369 e. The van der Waals surface area contributed by atoms with Crippen molar-refractivity contribution in [2.24, 2.45) is 0 Å². The van der Waals surface area contributed by atoms with Gasteiger partial charge in [0.25, 0.3) is 11.5 Å². The zero-order chi connectivity index (χ0) is 19.5. The van der Waals surface area contributed by atoms with Crippen molar-refractivity contribution in [1.29, 1.82) is 0 Å². The second-order valence-electron chi connectivity index (χ2n) is 7.02. The fourth-order valence-corrected chi connectivity index (χ4v) is 3.59. The smallest absolute Gasteiger partial charge is 0.261 e. The Labute approximate surface area is 163 Å². The number of aromatic amines is 1. The van der Waals surface area contributed by atoms with Gasteiger partial charge in [-0.05, 0) is 48.3 Å². The van der Waals surface area contributed by atoms with Crippen molar-refractivity contribution in [3.63, 3.8) is 0 Å². The number of anilines is 2. The fraction of sp³-hybridized carbons (Fsp3) is 0.273. The number of piperazine rings is 1. The Morgan fingerprint density at radius 1 is 1.04 bits per heavy atom. The molecule has 0 atom stereocenters. The first kappa shape index (κ1) is 18.3. The number of amides is 1. The molecule has 1 fully saturated rings. The molecule has 1 aliphatic rings. The first-order valence-corrected chi connectivity index (χ1v) is 9.65. The van der Waals surface area contributed by atoms with Crippen molar-refractivity contribution in [2.75, 3.05) is 42.9 Å². The second-order valence-corrected chi connectivity index (χ2v) is 7.02. The van der Waals surface area contributed by atoms with E-state index in [1.807, 2.05) is 48.5 Å². The molecule has 0 spiro atoms. The summed E-state index contributed by atoms with van der Waals surface area (Å²) in [6, 6.07) is 16.8. The number of hydrogen-bond donors (Lipinski definition) is 2. The zero-order valence-corrected chi connectivity index (χ0v) is 15.9. The fourth-order valence-electron chi connectivity index (χ4n) is 3.59. The van der Waals surface area contributed by atoms with Crippen LogP contribution in [0, 0.1) is 0 Å². The average Bonchev–Trinajstić information content (AvgIpc) is 2.74. The molecule has 2 heterocycles. The van der Waals surface area contributed by atoms with E-state index in [1.54, 1.807) is 6.07 Å². The van der Waals surface area contributed by atoms with Gasteiger partial charge in [0, 0.05) is 43.1 Å². The molecule has 1 aliphatic heterocycles. The molecule has 2 N–H and O–H groups in total. The summed E-state index contributed by atoms with van der Waals surface area (Å²) >= 11 is 0. The van der Waals surface area contributed by atoms with E-state index in [-0.39, 0.29) is 11.1 Å². The predicted octanol–water partition coefficient (Wildman–Crippen LogP) is 2.92. The number of nitrogens with zero attached hydrogens (tertiary/aromatic N) is 2. The van der Waals surface area contributed by atoms with Gasteiger partial charge in [-0.3, -0.25) is 9.59 Å². The first-order chi connectivity index (χ1) is 13.6. The van der Waals surface area contributed by atoms with Crippen LogP contribution in [0.15, 0.2) is 59.4 Å². The second kappa shape index (κ2) is 7.86. The third-order valence-electron chi connectivity index (χ3n) is 5.31. The van der Waals surface area contributed by atoms with Crippen molar-refractivity contribution in [1.82, 2.24) is 9.88 Å². The normalized spacial score (nSPS) is 15.0. The van der Waals surface area contributed by atoms with Crippen LogP contribution >= 0.6 is 0 Å². The quantitative estimate of drug-likeness (QED) is 0.735. The van der Waals surface area contributed by atoms with Crippen molar-refractivity contribution >= 4 is 28.2 Å². The third kappa shape index (κ3) is 3.77. The standard InChI is InChI=1S/C22H24N4O2/c1-2-25-11-13-26(14-12-25)18-9-7-17(8-10-18)23-21(27)19-15-16-5-3-4-6-20(16)24-22(19)28/h3-10,15H,2,11-14H2,1H3,(H,23,27)(H,24,28). The van der Waals surface area contributed by atoms with Gasteiger partial charge in [-0.1, -0.05) is 25.1 Å². The highest BCUT2D eigenvalue weighted by atomic mass is 16.2. The summed E-state index contributed by atoms with van der Waals surface area (Å²) in [6.45, 7) is 7.43. The number of H-pyrrole nitrogens is 1. The van der Waals surface area contributed by atoms with Crippen LogP contribution in [0.25, 0.3) is 10.9 Å². The van der Waals surface area contributed by atoms with Crippen LogP contribution < -0.4 is 15.8 Å². The molecule has 0 aliphatic carbocycles. The molecule has 1 saturated heterocycles. The SMILES string of the molecule is CCN1CCN(c2ccc(NC(=O)c3cc4ccccc4[nH]c3=O)cc2)CC1. The molecule has 4 rings (SSSR count). The summed E-state index contributed by atoms with van der Waals surface area (Å²) < 4.78 is 0. The lowest BCUT2D eigenvalue weighted by atomic mass is 10.1. The van der Waals surface area contributed by atoms with Crippen molar-refractivity contribution in [3.8, 4) is 0 Å². The van der Waals surface area contributed by atoms with Gasteiger partial charge in [0.05, 0.1) is 0 Å². The summed E-state index contributed by atoms with van der Waals surface area (Å²) in [4.78, 5) is 32.4.